The van der Waals surface area contributed by atoms with Gasteiger partial charge in [0.05, 0.1) is 6.04 Å². The lowest BCUT2D eigenvalue weighted by Gasteiger charge is -2.13. The predicted molar refractivity (Wildman–Crippen MR) is 77.2 cm³/mol. The van der Waals surface area contributed by atoms with Gasteiger partial charge in [-0.3, -0.25) is 4.79 Å². The molecule has 2 heterocycles. The van der Waals surface area contributed by atoms with Gasteiger partial charge in [0.2, 0.25) is 0 Å². The second-order valence-electron chi connectivity index (χ2n) is 4.72. The number of aryl methyl sites for hydroxylation is 3. The van der Waals surface area contributed by atoms with Crippen LogP contribution in [0, 0.1) is 13.8 Å². The molecule has 0 fully saturated rings. The minimum atomic E-state index is -0.0982. The van der Waals surface area contributed by atoms with E-state index in [4.69, 9.17) is 4.42 Å². The molecule has 5 heteroatoms. The lowest BCUT2D eigenvalue weighted by atomic mass is 10.1. The van der Waals surface area contributed by atoms with E-state index in [1.54, 1.807) is 10.6 Å². The van der Waals surface area contributed by atoms with Gasteiger partial charge in [0.1, 0.15) is 17.2 Å². The Kier molecular flexibility index (Phi) is 3.85. The van der Waals surface area contributed by atoms with E-state index < -0.39 is 0 Å². The zero-order valence-electron chi connectivity index (χ0n) is 11.5. The van der Waals surface area contributed by atoms with Crippen molar-refractivity contribution >= 4 is 21.8 Å². The first kappa shape index (κ1) is 13.9. The van der Waals surface area contributed by atoms with Crippen LogP contribution in [0.25, 0.3) is 0 Å². The molecule has 1 atom stereocenters. The summed E-state index contributed by atoms with van der Waals surface area (Å²) in [5.74, 6) is 1.60. The van der Waals surface area contributed by atoms with Crippen molar-refractivity contribution in [2.24, 2.45) is 7.05 Å². The van der Waals surface area contributed by atoms with Crippen LogP contribution in [0.15, 0.2) is 27.2 Å². The molecule has 0 saturated carbocycles. The third-order valence-corrected chi connectivity index (χ3v) is 3.53. The molecule has 1 N–H and O–H groups in total. The Balaban J connectivity index is 2.15. The van der Waals surface area contributed by atoms with Crippen molar-refractivity contribution in [1.82, 2.24) is 9.88 Å². The van der Waals surface area contributed by atoms with E-state index in [1.807, 2.05) is 40.1 Å². The van der Waals surface area contributed by atoms with Gasteiger partial charge in [-0.15, -0.1) is 0 Å². The van der Waals surface area contributed by atoms with Crippen LogP contribution < -0.4 is 5.32 Å². The zero-order chi connectivity index (χ0) is 14.2. The van der Waals surface area contributed by atoms with Gasteiger partial charge in [-0.25, -0.2) is 0 Å². The molecule has 0 aliphatic rings. The molecule has 102 valence electrons. The van der Waals surface area contributed by atoms with E-state index in [0.717, 1.165) is 21.6 Å². The minimum absolute atomic E-state index is 0.0846. The summed E-state index contributed by atoms with van der Waals surface area (Å²) in [5.41, 5.74) is 1.63. The lowest BCUT2D eigenvalue weighted by molar-refractivity contribution is 0.0931. The van der Waals surface area contributed by atoms with E-state index in [2.05, 4.69) is 21.2 Å². The van der Waals surface area contributed by atoms with Crippen molar-refractivity contribution in [3.63, 3.8) is 0 Å². The van der Waals surface area contributed by atoms with Crippen LogP contribution in [0.1, 0.15) is 40.5 Å². The second-order valence-corrected chi connectivity index (χ2v) is 5.63. The van der Waals surface area contributed by atoms with E-state index in [1.165, 1.54) is 0 Å². The Hall–Kier alpha value is -1.49. The number of aromatic nitrogens is 1. The third kappa shape index (κ3) is 2.92. The van der Waals surface area contributed by atoms with E-state index in [0.29, 0.717) is 5.69 Å². The van der Waals surface area contributed by atoms with Gasteiger partial charge in [-0.1, -0.05) is 0 Å². The summed E-state index contributed by atoms with van der Waals surface area (Å²) in [6.45, 7) is 5.76. The molecule has 0 spiro atoms. The maximum absolute atomic E-state index is 12.2. The number of carbonyl (C=O) groups is 1. The van der Waals surface area contributed by atoms with Crippen LogP contribution in [-0.2, 0) is 7.05 Å². The minimum Gasteiger partial charge on any atom is -0.466 e. The number of halogens is 1. The van der Waals surface area contributed by atoms with Crippen LogP contribution in [0.5, 0.6) is 0 Å². The summed E-state index contributed by atoms with van der Waals surface area (Å²) < 4.78 is 8.17. The van der Waals surface area contributed by atoms with E-state index in [-0.39, 0.29) is 11.9 Å². The molecule has 0 saturated heterocycles. The molecule has 0 aliphatic heterocycles. The molecule has 2 aromatic heterocycles. The van der Waals surface area contributed by atoms with Crippen molar-refractivity contribution in [1.29, 1.82) is 0 Å². The molecule has 0 aliphatic carbocycles. The molecule has 0 aromatic carbocycles. The Morgan fingerprint density at radius 1 is 1.42 bits per heavy atom. The van der Waals surface area contributed by atoms with E-state index in [9.17, 15) is 4.79 Å². The number of carbonyl (C=O) groups excluding carboxylic acids is 1. The largest absolute Gasteiger partial charge is 0.466 e. The van der Waals surface area contributed by atoms with E-state index >= 15 is 0 Å². The Bertz CT molecular complexity index is 613. The van der Waals surface area contributed by atoms with Crippen molar-refractivity contribution in [3.05, 3.63) is 45.6 Å². The van der Waals surface area contributed by atoms with Gasteiger partial charge in [0, 0.05) is 23.3 Å². The SMILES string of the molecule is Cc1cc(C(C)NC(=O)c2cc(Br)cn2C)c(C)o1. The van der Waals surface area contributed by atoms with Crippen LogP contribution in [0.4, 0.5) is 0 Å². The predicted octanol–water partition coefficient (Wildman–Crippen LogP) is 3.49. The molecule has 2 aromatic rings. The number of furan rings is 1. The Morgan fingerprint density at radius 2 is 2.11 bits per heavy atom. The number of nitrogens with zero attached hydrogens (tertiary/aromatic N) is 1. The topological polar surface area (TPSA) is 47.2 Å². The molecule has 4 nitrogen and oxygen atoms in total. The van der Waals surface area contributed by atoms with Gasteiger partial charge in [0.25, 0.3) is 5.91 Å². The van der Waals surface area contributed by atoms with Crippen molar-refractivity contribution in [2.75, 3.05) is 0 Å². The van der Waals surface area contributed by atoms with Crippen molar-refractivity contribution in [2.45, 2.75) is 26.8 Å². The summed E-state index contributed by atoms with van der Waals surface area (Å²) in [4.78, 5) is 12.2. The average molecular weight is 325 g/mol. The fourth-order valence-electron chi connectivity index (χ4n) is 2.18. The Labute approximate surface area is 120 Å². The summed E-state index contributed by atoms with van der Waals surface area (Å²) in [5, 5.41) is 2.98. The molecule has 19 heavy (non-hydrogen) atoms. The summed E-state index contributed by atoms with van der Waals surface area (Å²) in [7, 11) is 1.84. The molecule has 0 radical (unpaired) electrons. The van der Waals surface area contributed by atoms with Crippen molar-refractivity contribution in [3.8, 4) is 0 Å². The van der Waals surface area contributed by atoms with Crippen LogP contribution in [0.2, 0.25) is 0 Å². The second kappa shape index (κ2) is 5.25. The average Bonchev–Trinajstić information content (AvgIpc) is 2.81. The van der Waals surface area contributed by atoms with Gasteiger partial charge in [0.15, 0.2) is 0 Å². The first-order valence-corrected chi connectivity index (χ1v) is 6.87. The fourth-order valence-corrected chi connectivity index (χ4v) is 2.70. The maximum atomic E-state index is 12.2. The highest BCUT2D eigenvalue weighted by Crippen LogP contribution is 2.22. The Morgan fingerprint density at radius 3 is 2.58 bits per heavy atom. The summed E-state index contributed by atoms with van der Waals surface area (Å²) in [6, 6.07) is 3.68. The van der Waals surface area contributed by atoms with Crippen LogP contribution in [0.3, 0.4) is 0 Å². The molecule has 1 amide bonds. The van der Waals surface area contributed by atoms with Crippen molar-refractivity contribution < 1.29 is 9.21 Å². The van der Waals surface area contributed by atoms with Crippen LogP contribution >= 0.6 is 15.9 Å². The fraction of sp³-hybridized carbons (Fsp3) is 0.357. The number of hydrogen-bond acceptors (Lipinski definition) is 2. The zero-order valence-corrected chi connectivity index (χ0v) is 13.0. The summed E-state index contributed by atoms with van der Waals surface area (Å²) >= 11 is 3.36. The maximum Gasteiger partial charge on any atom is 0.268 e. The molecule has 2 rings (SSSR count). The summed E-state index contributed by atoms with van der Waals surface area (Å²) in [6.07, 6.45) is 1.85. The smallest absolute Gasteiger partial charge is 0.268 e. The number of rotatable bonds is 3. The number of nitrogens with one attached hydrogen (secondary N) is 1. The van der Waals surface area contributed by atoms with Gasteiger partial charge in [-0.05, 0) is 48.8 Å². The standard InChI is InChI=1S/C14H17BrN2O2/c1-8-5-12(10(3)19-8)9(2)16-14(18)13-6-11(15)7-17(13)4/h5-7,9H,1-4H3,(H,16,18). The monoisotopic (exact) mass is 324 g/mol. The quantitative estimate of drug-likeness (QED) is 0.939. The van der Waals surface area contributed by atoms with Gasteiger partial charge < -0.3 is 14.3 Å². The number of amides is 1. The highest BCUT2D eigenvalue weighted by molar-refractivity contribution is 9.10. The van der Waals surface area contributed by atoms with Gasteiger partial charge in [-0.2, -0.15) is 0 Å². The highest BCUT2D eigenvalue weighted by atomic mass is 79.9. The third-order valence-electron chi connectivity index (χ3n) is 3.10. The highest BCUT2D eigenvalue weighted by Gasteiger charge is 2.17. The molecular weight excluding hydrogens is 308 g/mol. The molecule has 0 bridgehead atoms. The first-order valence-electron chi connectivity index (χ1n) is 6.08. The van der Waals surface area contributed by atoms with Crippen LogP contribution in [-0.4, -0.2) is 10.5 Å². The molecular formula is C14H17BrN2O2. The molecule has 1 unspecified atom stereocenters. The van der Waals surface area contributed by atoms with Gasteiger partial charge >= 0.3 is 0 Å². The lowest BCUT2D eigenvalue weighted by Crippen LogP contribution is -2.28. The first-order chi connectivity index (χ1) is 8.88. The normalized spacial score (nSPS) is 12.5. The number of hydrogen-bond donors (Lipinski definition) is 1.